The quantitative estimate of drug-likeness (QED) is 0.868. The van der Waals surface area contributed by atoms with Crippen molar-refractivity contribution < 1.29 is 8.81 Å². The van der Waals surface area contributed by atoms with Gasteiger partial charge in [-0.3, -0.25) is 0 Å². The minimum absolute atomic E-state index is 0.158. The Balaban J connectivity index is 2.38. The zero-order valence-corrected chi connectivity index (χ0v) is 10.5. The summed E-state index contributed by atoms with van der Waals surface area (Å²) in [5.41, 5.74) is 1.78. The summed E-state index contributed by atoms with van der Waals surface area (Å²) in [6, 6.07) is 4.81. The zero-order chi connectivity index (χ0) is 12.4. The summed E-state index contributed by atoms with van der Waals surface area (Å²) >= 11 is 0. The molecule has 1 aromatic heterocycles. The fourth-order valence-electron chi connectivity index (χ4n) is 2.08. The first-order chi connectivity index (χ1) is 8.13. The molecule has 0 bridgehead atoms. The second-order valence-corrected chi connectivity index (χ2v) is 4.41. The van der Waals surface area contributed by atoms with Crippen LogP contribution in [-0.4, -0.2) is 6.54 Å². The van der Waals surface area contributed by atoms with E-state index in [1.165, 1.54) is 12.1 Å². The molecule has 0 spiro atoms. The average Bonchev–Trinajstić information content (AvgIpc) is 2.64. The van der Waals surface area contributed by atoms with Crippen LogP contribution in [0.5, 0.6) is 0 Å². The van der Waals surface area contributed by atoms with Crippen LogP contribution in [0.4, 0.5) is 4.39 Å². The van der Waals surface area contributed by atoms with Gasteiger partial charge in [-0.05, 0) is 45.0 Å². The van der Waals surface area contributed by atoms with Gasteiger partial charge < -0.3 is 9.73 Å². The van der Waals surface area contributed by atoms with Gasteiger partial charge in [-0.25, -0.2) is 4.39 Å². The highest BCUT2D eigenvalue weighted by Gasteiger charge is 2.16. The first-order valence-electron chi connectivity index (χ1n) is 6.05. The number of furan rings is 1. The maximum Gasteiger partial charge on any atom is 0.134 e. The van der Waals surface area contributed by atoms with E-state index in [4.69, 9.17) is 4.42 Å². The molecule has 0 aliphatic heterocycles. The Bertz CT molecular complexity index is 518. The number of fused-ring (bicyclic) bond motifs is 1. The first-order valence-corrected chi connectivity index (χ1v) is 6.05. The standard InChI is InChI=1S/C14H18FNO/c1-4-7-16-10(3)14-9(2)12-8-11(15)5-6-13(12)17-14/h5-6,8,10,16H,4,7H2,1-3H3. The van der Waals surface area contributed by atoms with Gasteiger partial charge in [0.2, 0.25) is 0 Å². The highest BCUT2D eigenvalue weighted by molar-refractivity contribution is 5.82. The van der Waals surface area contributed by atoms with Crippen LogP contribution >= 0.6 is 0 Å². The monoisotopic (exact) mass is 235 g/mol. The third kappa shape index (κ3) is 2.34. The van der Waals surface area contributed by atoms with Crippen LogP contribution in [0.1, 0.15) is 37.6 Å². The first kappa shape index (κ1) is 12.1. The maximum atomic E-state index is 13.2. The minimum atomic E-state index is -0.220. The van der Waals surface area contributed by atoms with Crippen LogP contribution in [0.3, 0.4) is 0 Å². The van der Waals surface area contributed by atoms with E-state index in [0.29, 0.717) is 0 Å². The molecule has 2 nitrogen and oxygen atoms in total. The molecule has 2 rings (SSSR count). The molecule has 0 saturated heterocycles. The van der Waals surface area contributed by atoms with Crippen LogP contribution < -0.4 is 5.32 Å². The van der Waals surface area contributed by atoms with Crippen LogP contribution in [0.15, 0.2) is 22.6 Å². The Labute approximate surface area is 101 Å². The van der Waals surface area contributed by atoms with E-state index in [9.17, 15) is 4.39 Å². The van der Waals surface area contributed by atoms with E-state index in [2.05, 4.69) is 19.2 Å². The third-order valence-electron chi connectivity index (χ3n) is 3.03. The number of rotatable bonds is 4. The average molecular weight is 235 g/mol. The van der Waals surface area contributed by atoms with E-state index in [0.717, 1.165) is 35.3 Å². The van der Waals surface area contributed by atoms with Crippen molar-refractivity contribution in [3.05, 3.63) is 35.3 Å². The van der Waals surface area contributed by atoms with Crippen molar-refractivity contribution in [2.24, 2.45) is 0 Å². The Morgan fingerprint density at radius 3 is 2.88 bits per heavy atom. The molecule has 0 aliphatic rings. The smallest absolute Gasteiger partial charge is 0.134 e. The lowest BCUT2D eigenvalue weighted by molar-refractivity contribution is 0.448. The molecule has 0 radical (unpaired) electrons. The molecule has 0 saturated carbocycles. The van der Waals surface area contributed by atoms with E-state index >= 15 is 0 Å². The lowest BCUT2D eigenvalue weighted by Crippen LogP contribution is -2.19. The number of hydrogen-bond acceptors (Lipinski definition) is 2. The Morgan fingerprint density at radius 1 is 1.41 bits per heavy atom. The van der Waals surface area contributed by atoms with Gasteiger partial charge >= 0.3 is 0 Å². The van der Waals surface area contributed by atoms with Crippen LogP contribution in [0, 0.1) is 12.7 Å². The van der Waals surface area contributed by atoms with E-state index in [1.54, 1.807) is 6.07 Å². The van der Waals surface area contributed by atoms with Crippen molar-refractivity contribution >= 4 is 11.0 Å². The largest absolute Gasteiger partial charge is 0.459 e. The van der Waals surface area contributed by atoms with Crippen LogP contribution in [-0.2, 0) is 0 Å². The lowest BCUT2D eigenvalue weighted by Gasteiger charge is -2.11. The number of aryl methyl sites for hydroxylation is 1. The summed E-state index contributed by atoms with van der Waals surface area (Å²) in [7, 11) is 0. The van der Waals surface area contributed by atoms with Crippen molar-refractivity contribution in [1.29, 1.82) is 0 Å². The summed E-state index contributed by atoms with van der Waals surface area (Å²) in [6.07, 6.45) is 1.08. The normalized spacial score (nSPS) is 13.2. The highest BCUT2D eigenvalue weighted by Crippen LogP contribution is 2.29. The predicted molar refractivity (Wildman–Crippen MR) is 67.6 cm³/mol. The summed E-state index contributed by atoms with van der Waals surface area (Å²) in [6.45, 7) is 7.12. The van der Waals surface area contributed by atoms with Crippen LogP contribution in [0.25, 0.3) is 11.0 Å². The summed E-state index contributed by atoms with van der Waals surface area (Å²) in [4.78, 5) is 0. The van der Waals surface area contributed by atoms with Crippen LogP contribution in [0.2, 0.25) is 0 Å². The van der Waals surface area contributed by atoms with Gasteiger partial charge in [0.1, 0.15) is 17.2 Å². The Kier molecular flexibility index (Phi) is 3.48. The topological polar surface area (TPSA) is 25.2 Å². The lowest BCUT2D eigenvalue weighted by atomic mass is 10.1. The number of benzene rings is 1. The zero-order valence-electron chi connectivity index (χ0n) is 10.5. The summed E-state index contributed by atoms with van der Waals surface area (Å²) in [5, 5.41) is 4.24. The van der Waals surface area contributed by atoms with Crippen molar-refractivity contribution in [3.63, 3.8) is 0 Å². The fraction of sp³-hybridized carbons (Fsp3) is 0.429. The molecule has 17 heavy (non-hydrogen) atoms. The van der Waals surface area contributed by atoms with Crippen molar-refractivity contribution in [2.45, 2.75) is 33.2 Å². The molecular formula is C14H18FNO. The SMILES string of the molecule is CCCNC(C)c1oc2ccc(F)cc2c1C. The van der Waals surface area contributed by atoms with Gasteiger partial charge in [0.05, 0.1) is 6.04 Å². The number of hydrogen-bond donors (Lipinski definition) is 1. The van der Waals surface area contributed by atoms with E-state index in [1.807, 2.05) is 6.92 Å². The molecule has 0 amide bonds. The van der Waals surface area contributed by atoms with Gasteiger partial charge in [-0.1, -0.05) is 6.92 Å². The van der Waals surface area contributed by atoms with E-state index in [-0.39, 0.29) is 11.9 Å². The second-order valence-electron chi connectivity index (χ2n) is 4.41. The number of nitrogens with one attached hydrogen (secondary N) is 1. The van der Waals surface area contributed by atoms with Gasteiger partial charge in [0, 0.05) is 10.9 Å². The predicted octanol–water partition coefficient (Wildman–Crippen LogP) is 3.94. The minimum Gasteiger partial charge on any atom is -0.459 e. The molecule has 1 heterocycles. The Hall–Kier alpha value is -1.35. The molecule has 0 aliphatic carbocycles. The van der Waals surface area contributed by atoms with E-state index < -0.39 is 0 Å². The van der Waals surface area contributed by atoms with Gasteiger partial charge in [0.25, 0.3) is 0 Å². The number of halogens is 1. The molecule has 2 aromatic rings. The molecule has 1 unspecified atom stereocenters. The third-order valence-corrected chi connectivity index (χ3v) is 3.03. The molecule has 1 aromatic carbocycles. The molecule has 92 valence electrons. The van der Waals surface area contributed by atoms with Crippen molar-refractivity contribution in [3.8, 4) is 0 Å². The van der Waals surface area contributed by atoms with Gasteiger partial charge in [-0.15, -0.1) is 0 Å². The molecular weight excluding hydrogens is 217 g/mol. The summed E-state index contributed by atoms with van der Waals surface area (Å²) in [5.74, 6) is 0.682. The van der Waals surface area contributed by atoms with Crippen molar-refractivity contribution in [2.75, 3.05) is 6.54 Å². The molecule has 0 fully saturated rings. The molecule has 1 N–H and O–H groups in total. The van der Waals surface area contributed by atoms with Gasteiger partial charge in [0.15, 0.2) is 0 Å². The second kappa shape index (κ2) is 4.88. The van der Waals surface area contributed by atoms with Crippen molar-refractivity contribution in [1.82, 2.24) is 5.32 Å². The fourth-order valence-corrected chi connectivity index (χ4v) is 2.08. The Morgan fingerprint density at radius 2 is 2.18 bits per heavy atom. The summed E-state index contributed by atoms with van der Waals surface area (Å²) < 4.78 is 19.0. The molecule has 3 heteroatoms. The maximum absolute atomic E-state index is 13.2. The highest BCUT2D eigenvalue weighted by atomic mass is 19.1. The molecule has 1 atom stereocenters. The van der Waals surface area contributed by atoms with Gasteiger partial charge in [-0.2, -0.15) is 0 Å².